The minimum atomic E-state index is -0.432. The van der Waals surface area contributed by atoms with Gasteiger partial charge < -0.3 is 23.7 Å². The first-order chi connectivity index (χ1) is 10.2. The lowest BCUT2D eigenvalue weighted by Gasteiger charge is -2.44. The average molecular weight is 318 g/mol. The molecule has 5 nitrogen and oxygen atoms in total. The number of hydrogen-bond acceptors (Lipinski definition) is 5. The largest absolute Gasteiger partial charge is 0.370 e. The maximum atomic E-state index is 6.12. The maximum absolute atomic E-state index is 6.12. The van der Waals surface area contributed by atoms with Crippen molar-refractivity contribution in [3.05, 3.63) is 0 Å². The summed E-state index contributed by atoms with van der Waals surface area (Å²) in [5.41, 5.74) is 0. The molecule has 0 amide bonds. The predicted octanol–water partition coefficient (Wildman–Crippen LogP) is 3.15. The molecule has 0 radical (unpaired) electrons. The minimum Gasteiger partial charge on any atom is -0.370 e. The Labute approximate surface area is 135 Å². The fraction of sp³-hybridized carbons (Fsp3) is 1.00. The highest BCUT2D eigenvalue weighted by Crippen LogP contribution is 2.27. The summed E-state index contributed by atoms with van der Waals surface area (Å²) in [6.45, 7) is 16.5. The van der Waals surface area contributed by atoms with Gasteiger partial charge in [0, 0.05) is 0 Å². The highest BCUT2D eigenvalue weighted by atomic mass is 16.7. The third-order valence-electron chi connectivity index (χ3n) is 3.10. The topological polar surface area (TPSA) is 46.2 Å². The van der Waals surface area contributed by atoms with E-state index in [1.54, 1.807) is 0 Å². The second-order valence-electron chi connectivity index (χ2n) is 6.91. The van der Waals surface area contributed by atoms with Gasteiger partial charge in [-0.05, 0) is 55.4 Å². The molecular formula is C17H34O5. The molecule has 1 fully saturated rings. The molecule has 0 spiro atoms. The maximum Gasteiger partial charge on any atom is 0.186 e. The van der Waals surface area contributed by atoms with E-state index in [9.17, 15) is 0 Å². The van der Waals surface area contributed by atoms with E-state index in [0.29, 0.717) is 6.61 Å². The highest BCUT2D eigenvalue weighted by Gasteiger charge is 2.45. The van der Waals surface area contributed by atoms with Gasteiger partial charge in [0.05, 0.1) is 31.0 Å². The van der Waals surface area contributed by atoms with Gasteiger partial charge in [-0.25, -0.2) is 0 Å². The molecule has 132 valence electrons. The van der Waals surface area contributed by atoms with E-state index in [-0.39, 0.29) is 42.7 Å². The lowest BCUT2D eigenvalue weighted by molar-refractivity contribution is -0.313. The van der Waals surface area contributed by atoms with Crippen molar-refractivity contribution >= 4 is 0 Å². The molecular weight excluding hydrogens is 284 g/mol. The molecule has 5 heteroatoms. The summed E-state index contributed by atoms with van der Waals surface area (Å²) < 4.78 is 29.9. The van der Waals surface area contributed by atoms with Crippen LogP contribution in [0.2, 0.25) is 0 Å². The van der Waals surface area contributed by atoms with Crippen LogP contribution in [0.3, 0.4) is 0 Å². The van der Waals surface area contributed by atoms with E-state index in [2.05, 4.69) is 0 Å². The molecule has 0 aliphatic carbocycles. The standard InChI is InChI=1S/C17H34O5/c1-10(2)19-14-9-18-17(22-13(7)8)16(21-12(5)6)15(14)20-11(3)4/h10-17H,9H2,1-8H3/t14-,15-,16+,17?/m1/s1. The molecule has 4 atom stereocenters. The van der Waals surface area contributed by atoms with E-state index in [0.717, 1.165) is 0 Å². The van der Waals surface area contributed by atoms with Crippen LogP contribution in [-0.2, 0) is 23.7 Å². The van der Waals surface area contributed by atoms with E-state index < -0.39 is 6.29 Å². The zero-order valence-electron chi connectivity index (χ0n) is 15.4. The summed E-state index contributed by atoms with van der Waals surface area (Å²) >= 11 is 0. The molecule has 0 saturated carbocycles. The molecule has 1 unspecified atom stereocenters. The van der Waals surface area contributed by atoms with Gasteiger partial charge in [-0.1, -0.05) is 0 Å². The summed E-state index contributed by atoms with van der Waals surface area (Å²) in [5, 5.41) is 0. The van der Waals surface area contributed by atoms with Crippen molar-refractivity contribution in [3.8, 4) is 0 Å². The number of rotatable bonds is 8. The lowest BCUT2D eigenvalue weighted by atomic mass is 10.0. The highest BCUT2D eigenvalue weighted by molar-refractivity contribution is 4.88. The molecule has 0 aromatic carbocycles. The SMILES string of the molecule is CC(C)OC1OC[C@@H](OC(C)C)[C@@H](OC(C)C)[C@@H]1OC(C)C. The summed E-state index contributed by atoms with van der Waals surface area (Å²) in [6.07, 6.45) is -0.789. The van der Waals surface area contributed by atoms with Crippen LogP contribution in [0.15, 0.2) is 0 Å². The first-order valence-corrected chi connectivity index (χ1v) is 8.44. The van der Waals surface area contributed by atoms with Gasteiger partial charge in [0.1, 0.15) is 18.3 Å². The summed E-state index contributed by atoms with van der Waals surface area (Å²) in [4.78, 5) is 0. The van der Waals surface area contributed by atoms with Gasteiger partial charge in [-0.3, -0.25) is 0 Å². The molecule has 0 bridgehead atoms. The van der Waals surface area contributed by atoms with E-state index in [1.807, 2.05) is 55.4 Å². The Balaban J connectivity index is 2.93. The normalized spacial score (nSPS) is 30.0. The van der Waals surface area contributed by atoms with Crippen LogP contribution < -0.4 is 0 Å². The molecule has 1 aliphatic heterocycles. The fourth-order valence-corrected chi connectivity index (χ4v) is 2.53. The first kappa shape index (κ1) is 19.8. The van der Waals surface area contributed by atoms with E-state index in [4.69, 9.17) is 23.7 Å². The quantitative estimate of drug-likeness (QED) is 0.688. The molecule has 0 aromatic heterocycles. The molecule has 0 N–H and O–H groups in total. The molecule has 1 aliphatic rings. The van der Waals surface area contributed by atoms with Crippen molar-refractivity contribution in [3.63, 3.8) is 0 Å². The van der Waals surface area contributed by atoms with Crippen molar-refractivity contribution in [2.75, 3.05) is 6.61 Å². The van der Waals surface area contributed by atoms with Crippen molar-refractivity contribution in [2.45, 2.75) is 104 Å². The zero-order chi connectivity index (χ0) is 16.9. The van der Waals surface area contributed by atoms with Crippen LogP contribution in [-0.4, -0.2) is 55.6 Å². The first-order valence-electron chi connectivity index (χ1n) is 8.44. The average Bonchev–Trinajstić information content (AvgIpc) is 2.34. The van der Waals surface area contributed by atoms with Crippen molar-refractivity contribution in [1.82, 2.24) is 0 Å². The molecule has 1 heterocycles. The second-order valence-corrected chi connectivity index (χ2v) is 6.91. The van der Waals surface area contributed by atoms with Crippen LogP contribution in [0.25, 0.3) is 0 Å². The second kappa shape index (κ2) is 9.18. The third-order valence-corrected chi connectivity index (χ3v) is 3.10. The van der Waals surface area contributed by atoms with Gasteiger partial charge >= 0.3 is 0 Å². The third kappa shape index (κ3) is 6.50. The van der Waals surface area contributed by atoms with Crippen LogP contribution >= 0.6 is 0 Å². The molecule has 1 rings (SSSR count). The summed E-state index contributed by atoms with van der Waals surface area (Å²) in [5.74, 6) is 0. The van der Waals surface area contributed by atoms with Crippen molar-refractivity contribution < 1.29 is 23.7 Å². The fourth-order valence-electron chi connectivity index (χ4n) is 2.53. The number of ether oxygens (including phenoxy) is 5. The van der Waals surface area contributed by atoms with E-state index >= 15 is 0 Å². The Bertz CT molecular complexity index is 273. The lowest BCUT2D eigenvalue weighted by Crippen LogP contribution is -2.58. The molecule has 0 aromatic rings. The number of hydrogen-bond donors (Lipinski definition) is 0. The zero-order valence-corrected chi connectivity index (χ0v) is 15.4. The van der Waals surface area contributed by atoms with Crippen LogP contribution in [0, 0.1) is 0 Å². The monoisotopic (exact) mass is 318 g/mol. The van der Waals surface area contributed by atoms with Gasteiger partial charge in [-0.15, -0.1) is 0 Å². The Morgan fingerprint density at radius 2 is 1.09 bits per heavy atom. The summed E-state index contributed by atoms with van der Waals surface area (Å²) in [7, 11) is 0. The Kier molecular flexibility index (Phi) is 8.28. The predicted molar refractivity (Wildman–Crippen MR) is 86.0 cm³/mol. The van der Waals surface area contributed by atoms with Gasteiger partial charge in [0.15, 0.2) is 6.29 Å². The van der Waals surface area contributed by atoms with E-state index in [1.165, 1.54) is 0 Å². The Hall–Kier alpha value is -0.200. The van der Waals surface area contributed by atoms with Crippen LogP contribution in [0.4, 0.5) is 0 Å². The molecule has 22 heavy (non-hydrogen) atoms. The van der Waals surface area contributed by atoms with Gasteiger partial charge in [0.2, 0.25) is 0 Å². The van der Waals surface area contributed by atoms with Crippen molar-refractivity contribution in [2.24, 2.45) is 0 Å². The van der Waals surface area contributed by atoms with Gasteiger partial charge in [0.25, 0.3) is 0 Å². The van der Waals surface area contributed by atoms with Crippen LogP contribution in [0.1, 0.15) is 55.4 Å². The Morgan fingerprint density at radius 1 is 0.636 bits per heavy atom. The van der Waals surface area contributed by atoms with Crippen LogP contribution in [0.5, 0.6) is 0 Å². The summed E-state index contributed by atoms with van der Waals surface area (Å²) in [6, 6.07) is 0. The van der Waals surface area contributed by atoms with Gasteiger partial charge in [-0.2, -0.15) is 0 Å². The Morgan fingerprint density at radius 3 is 1.55 bits per heavy atom. The minimum absolute atomic E-state index is 0.0583. The smallest absolute Gasteiger partial charge is 0.186 e. The molecule has 1 saturated heterocycles. The van der Waals surface area contributed by atoms with Crippen molar-refractivity contribution in [1.29, 1.82) is 0 Å².